The molecule has 1 heterocycles. The van der Waals surface area contributed by atoms with E-state index in [1.807, 2.05) is 6.92 Å². The standard InChI is InChI=1S/C12H14N4O5/c1-3-6-15(7-10(17)20-2)8-4-5-9(16(18)19)12-11(8)13-21-14-12/h4-5H,3,6-7H2,1-2H3. The normalized spacial score (nSPS) is 10.6. The summed E-state index contributed by atoms with van der Waals surface area (Å²) in [6.45, 7) is 2.53. The highest BCUT2D eigenvalue weighted by molar-refractivity contribution is 5.94. The maximum Gasteiger partial charge on any atom is 0.325 e. The second kappa shape index (κ2) is 6.16. The van der Waals surface area contributed by atoms with Crippen LogP contribution in [0.4, 0.5) is 11.4 Å². The number of non-ortho nitro benzene ring substituents is 1. The van der Waals surface area contributed by atoms with Gasteiger partial charge in [0.1, 0.15) is 6.54 Å². The zero-order valence-corrected chi connectivity index (χ0v) is 11.6. The fourth-order valence-electron chi connectivity index (χ4n) is 2.02. The molecule has 0 amide bonds. The van der Waals surface area contributed by atoms with E-state index < -0.39 is 10.9 Å². The molecule has 2 aromatic rings. The van der Waals surface area contributed by atoms with Gasteiger partial charge in [0, 0.05) is 12.6 Å². The summed E-state index contributed by atoms with van der Waals surface area (Å²) in [5.41, 5.74) is 0.665. The molecule has 0 atom stereocenters. The minimum atomic E-state index is -0.555. The van der Waals surface area contributed by atoms with Crippen LogP contribution in [0.25, 0.3) is 11.0 Å². The molecule has 21 heavy (non-hydrogen) atoms. The van der Waals surface area contributed by atoms with Crippen molar-refractivity contribution in [3.05, 3.63) is 22.2 Å². The summed E-state index contributed by atoms with van der Waals surface area (Å²) in [5, 5.41) is 18.2. The largest absolute Gasteiger partial charge is 0.468 e. The van der Waals surface area contributed by atoms with Crippen molar-refractivity contribution in [2.24, 2.45) is 0 Å². The van der Waals surface area contributed by atoms with Crippen LogP contribution in [-0.4, -0.2) is 41.4 Å². The number of methoxy groups -OCH3 is 1. The molecular weight excluding hydrogens is 280 g/mol. The number of hydrogen-bond acceptors (Lipinski definition) is 8. The van der Waals surface area contributed by atoms with Gasteiger partial charge in [0.15, 0.2) is 5.52 Å². The van der Waals surface area contributed by atoms with Crippen LogP contribution in [-0.2, 0) is 9.53 Å². The summed E-state index contributed by atoms with van der Waals surface area (Å²) in [4.78, 5) is 23.6. The van der Waals surface area contributed by atoms with Gasteiger partial charge in [-0.3, -0.25) is 14.9 Å². The lowest BCUT2D eigenvalue weighted by Gasteiger charge is -2.22. The van der Waals surface area contributed by atoms with Crippen molar-refractivity contribution in [1.82, 2.24) is 10.3 Å². The van der Waals surface area contributed by atoms with Crippen molar-refractivity contribution < 1.29 is 19.1 Å². The van der Waals surface area contributed by atoms with E-state index in [-0.39, 0.29) is 23.3 Å². The number of anilines is 1. The maximum atomic E-state index is 11.5. The second-order valence-electron chi connectivity index (χ2n) is 4.32. The van der Waals surface area contributed by atoms with Gasteiger partial charge in [-0.1, -0.05) is 6.92 Å². The van der Waals surface area contributed by atoms with Crippen molar-refractivity contribution in [3.63, 3.8) is 0 Å². The van der Waals surface area contributed by atoms with Gasteiger partial charge in [0.25, 0.3) is 0 Å². The van der Waals surface area contributed by atoms with Gasteiger partial charge in [0.2, 0.25) is 5.52 Å². The summed E-state index contributed by atoms with van der Waals surface area (Å²) in [6, 6.07) is 2.85. The maximum absolute atomic E-state index is 11.5. The van der Waals surface area contributed by atoms with Crippen molar-refractivity contribution >= 4 is 28.4 Å². The number of nitro groups is 1. The number of esters is 1. The molecule has 0 aliphatic rings. The van der Waals surface area contributed by atoms with E-state index in [1.54, 1.807) is 4.90 Å². The molecule has 0 saturated carbocycles. The molecule has 2 rings (SSSR count). The van der Waals surface area contributed by atoms with Crippen LogP contribution in [0.2, 0.25) is 0 Å². The van der Waals surface area contributed by atoms with E-state index in [0.29, 0.717) is 12.2 Å². The Labute approximate surface area is 119 Å². The topological polar surface area (TPSA) is 112 Å². The average Bonchev–Trinajstić information content (AvgIpc) is 2.94. The van der Waals surface area contributed by atoms with E-state index >= 15 is 0 Å². The zero-order valence-electron chi connectivity index (χ0n) is 11.6. The van der Waals surface area contributed by atoms with Gasteiger partial charge < -0.3 is 9.64 Å². The van der Waals surface area contributed by atoms with E-state index in [2.05, 4.69) is 19.7 Å². The van der Waals surface area contributed by atoms with E-state index in [1.165, 1.54) is 19.2 Å². The first-order valence-corrected chi connectivity index (χ1v) is 6.30. The lowest BCUT2D eigenvalue weighted by molar-refractivity contribution is -0.383. The van der Waals surface area contributed by atoms with Crippen LogP contribution >= 0.6 is 0 Å². The first-order chi connectivity index (χ1) is 10.1. The van der Waals surface area contributed by atoms with E-state index in [4.69, 9.17) is 0 Å². The Balaban J connectivity index is 2.48. The number of carbonyl (C=O) groups is 1. The van der Waals surface area contributed by atoms with Crippen LogP contribution < -0.4 is 4.90 Å². The summed E-state index contributed by atoms with van der Waals surface area (Å²) in [5.74, 6) is -0.411. The number of benzene rings is 1. The molecule has 0 fully saturated rings. The van der Waals surface area contributed by atoms with Crippen LogP contribution in [0.5, 0.6) is 0 Å². The van der Waals surface area contributed by atoms with Crippen molar-refractivity contribution in [3.8, 4) is 0 Å². The van der Waals surface area contributed by atoms with Crippen LogP contribution in [0, 0.1) is 10.1 Å². The third-order valence-electron chi connectivity index (χ3n) is 2.95. The van der Waals surface area contributed by atoms with Gasteiger partial charge in [-0.2, -0.15) is 0 Å². The Morgan fingerprint density at radius 2 is 2.14 bits per heavy atom. The molecule has 0 spiro atoms. The molecule has 0 aliphatic carbocycles. The highest BCUT2D eigenvalue weighted by atomic mass is 16.6. The first-order valence-electron chi connectivity index (χ1n) is 6.30. The van der Waals surface area contributed by atoms with Gasteiger partial charge >= 0.3 is 11.7 Å². The number of fused-ring (bicyclic) bond motifs is 1. The first kappa shape index (κ1) is 14.7. The number of nitro benzene ring substituents is 1. The fraction of sp³-hybridized carbons (Fsp3) is 0.417. The predicted molar refractivity (Wildman–Crippen MR) is 73.0 cm³/mol. The summed E-state index contributed by atoms with van der Waals surface area (Å²) < 4.78 is 9.26. The molecule has 0 aliphatic heterocycles. The Morgan fingerprint density at radius 3 is 2.76 bits per heavy atom. The smallest absolute Gasteiger partial charge is 0.325 e. The molecule has 1 aromatic carbocycles. The Bertz CT molecular complexity index is 669. The van der Waals surface area contributed by atoms with Crippen LogP contribution in [0.15, 0.2) is 16.8 Å². The molecule has 9 heteroatoms. The number of ether oxygens (including phenoxy) is 1. The Kier molecular flexibility index (Phi) is 4.31. The number of nitrogens with zero attached hydrogens (tertiary/aromatic N) is 4. The minimum absolute atomic E-state index is 0.0180. The monoisotopic (exact) mass is 294 g/mol. The SMILES string of the molecule is CCCN(CC(=O)OC)c1ccc([N+](=O)[O-])c2nonc12. The number of rotatable bonds is 6. The quantitative estimate of drug-likeness (QED) is 0.448. The van der Waals surface area contributed by atoms with Gasteiger partial charge in [0.05, 0.1) is 17.7 Å². The summed E-state index contributed by atoms with van der Waals surface area (Å²) in [7, 11) is 1.30. The molecule has 112 valence electrons. The number of hydrogen-bond donors (Lipinski definition) is 0. The highest BCUT2D eigenvalue weighted by Gasteiger charge is 2.23. The molecule has 0 radical (unpaired) electrons. The lowest BCUT2D eigenvalue weighted by atomic mass is 10.2. The van der Waals surface area contributed by atoms with Gasteiger partial charge in [-0.25, -0.2) is 4.63 Å². The van der Waals surface area contributed by atoms with Crippen molar-refractivity contribution in [2.75, 3.05) is 25.1 Å². The van der Waals surface area contributed by atoms with Crippen molar-refractivity contribution in [2.45, 2.75) is 13.3 Å². The Hall–Kier alpha value is -2.71. The number of carbonyl (C=O) groups excluding carboxylic acids is 1. The van der Waals surface area contributed by atoms with Crippen LogP contribution in [0.1, 0.15) is 13.3 Å². The zero-order chi connectivity index (χ0) is 15.4. The van der Waals surface area contributed by atoms with Gasteiger partial charge in [-0.15, -0.1) is 0 Å². The Morgan fingerprint density at radius 1 is 1.43 bits per heavy atom. The minimum Gasteiger partial charge on any atom is -0.468 e. The predicted octanol–water partition coefficient (Wildman–Crippen LogP) is 1.52. The van der Waals surface area contributed by atoms with Crippen molar-refractivity contribution in [1.29, 1.82) is 0 Å². The summed E-state index contributed by atoms with van der Waals surface area (Å²) in [6.07, 6.45) is 0.779. The second-order valence-corrected chi connectivity index (χ2v) is 4.32. The van der Waals surface area contributed by atoms with E-state index in [9.17, 15) is 14.9 Å². The number of aromatic nitrogens is 2. The third kappa shape index (κ3) is 2.91. The molecule has 1 aromatic heterocycles. The fourth-order valence-corrected chi connectivity index (χ4v) is 2.02. The third-order valence-corrected chi connectivity index (χ3v) is 2.95. The molecule has 0 N–H and O–H groups in total. The van der Waals surface area contributed by atoms with Crippen LogP contribution in [0.3, 0.4) is 0 Å². The molecular formula is C12H14N4O5. The molecule has 0 saturated heterocycles. The summed E-state index contributed by atoms with van der Waals surface area (Å²) >= 11 is 0. The van der Waals surface area contributed by atoms with Gasteiger partial charge in [-0.05, 0) is 22.8 Å². The molecule has 0 bridgehead atoms. The molecule has 9 nitrogen and oxygen atoms in total. The van der Waals surface area contributed by atoms with E-state index in [0.717, 1.165) is 6.42 Å². The molecule has 0 unspecified atom stereocenters. The highest BCUT2D eigenvalue weighted by Crippen LogP contribution is 2.31. The average molecular weight is 294 g/mol. The lowest BCUT2D eigenvalue weighted by Crippen LogP contribution is -2.31.